The van der Waals surface area contributed by atoms with Gasteiger partial charge in [0.1, 0.15) is 0 Å². The first-order chi connectivity index (χ1) is 12.4. The number of aromatic carboxylic acids is 1. The van der Waals surface area contributed by atoms with Crippen molar-refractivity contribution < 1.29 is 14.7 Å². The minimum atomic E-state index is -0.975. The molecule has 1 aromatic heterocycles. The summed E-state index contributed by atoms with van der Waals surface area (Å²) in [7, 11) is 0. The number of piperidine rings is 1. The molecule has 1 aromatic carbocycles. The molecule has 1 aliphatic rings. The number of carboxylic acid groups (broad SMARTS) is 1. The van der Waals surface area contributed by atoms with Gasteiger partial charge in [-0.15, -0.1) is 11.8 Å². The van der Waals surface area contributed by atoms with Crippen LogP contribution in [-0.2, 0) is 4.79 Å². The standard InChI is InChI=1S/C18H20ClN3O3S/c1-12(26-16-4-2-14(19)3-5-16)17(23)21-8-6-15(7-9-21)22-11-13(10-20-22)18(24)25/h2-5,10-12,15H,6-9H2,1H3,(H,24,25). The van der Waals surface area contributed by atoms with Crippen LogP contribution >= 0.6 is 23.4 Å². The van der Waals surface area contributed by atoms with Crippen molar-refractivity contribution in [1.29, 1.82) is 0 Å². The number of carboxylic acids is 1. The maximum absolute atomic E-state index is 12.7. The Morgan fingerprint density at radius 2 is 1.92 bits per heavy atom. The van der Waals surface area contributed by atoms with Gasteiger partial charge in [0.2, 0.25) is 5.91 Å². The number of thioether (sulfide) groups is 1. The maximum Gasteiger partial charge on any atom is 0.338 e. The van der Waals surface area contributed by atoms with Crippen molar-refractivity contribution in [2.75, 3.05) is 13.1 Å². The normalized spacial score (nSPS) is 16.5. The molecular formula is C18H20ClN3O3S. The Balaban J connectivity index is 1.54. The van der Waals surface area contributed by atoms with E-state index in [2.05, 4.69) is 5.10 Å². The molecule has 26 heavy (non-hydrogen) atoms. The van der Waals surface area contributed by atoms with Crippen LogP contribution in [-0.4, -0.2) is 50.0 Å². The van der Waals surface area contributed by atoms with E-state index in [1.165, 1.54) is 18.0 Å². The van der Waals surface area contributed by atoms with E-state index < -0.39 is 5.97 Å². The van der Waals surface area contributed by atoms with Crippen LogP contribution < -0.4 is 0 Å². The van der Waals surface area contributed by atoms with Gasteiger partial charge in [0.05, 0.1) is 23.1 Å². The van der Waals surface area contributed by atoms with E-state index in [0.717, 1.165) is 17.7 Å². The van der Waals surface area contributed by atoms with Gasteiger partial charge in [-0.2, -0.15) is 5.10 Å². The zero-order valence-corrected chi connectivity index (χ0v) is 15.9. The lowest BCUT2D eigenvalue weighted by Crippen LogP contribution is -2.42. The van der Waals surface area contributed by atoms with Gasteiger partial charge in [-0.25, -0.2) is 4.79 Å². The van der Waals surface area contributed by atoms with E-state index >= 15 is 0 Å². The van der Waals surface area contributed by atoms with E-state index in [0.29, 0.717) is 18.1 Å². The third-order valence-electron chi connectivity index (χ3n) is 4.47. The molecule has 1 amide bonds. The number of amides is 1. The highest BCUT2D eigenvalue weighted by atomic mass is 35.5. The van der Waals surface area contributed by atoms with E-state index in [9.17, 15) is 9.59 Å². The molecule has 3 rings (SSSR count). The second-order valence-electron chi connectivity index (χ2n) is 6.28. The quantitative estimate of drug-likeness (QED) is 0.786. The molecule has 8 heteroatoms. The van der Waals surface area contributed by atoms with Crippen LogP contribution in [0, 0.1) is 0 Å². The van der Waals surface area contributed by atoms with E-state index in [1.807, 2.05) is 36.1 Å². The number of aromatic nitrogens is 2. The number of likely N-dealkylation sites (tertiary alicyclic amines) is 1. The molecule has 1 fully saturated rings. The Hall–Kier alpha value is -1.99. The second kappa shape index (κ2) is 8.14. The molecule has 2 aromatic rings. The Labute approximate surface area is 161 Å². The zero-order valence-electron chi connectivity index (χ0n) is 14.3. The molecule has 2 heterocycles. The molecule has 1 saturated heterocycles. The van der Waals surface area contributed by atoms with E-state index in [1.54, 1.807) is 10.9 Å². The molecule has 1 aliphatic heterocycles. The van der Waals surface area contributed by atoms with E-state index in [-0.39, 0.29) is 22.8 Å². The highest BCUT2D eigenvalue weighted by molar-refractivity contribution is 8.00. The summed E-state index contributed by atoms with van der Waals surface area (Å²) in [6.07, 6.45) is 4.46. The minimum Gasteiger partial charge on any atom is -0.478 e. The summed E-state index contributed by atoms with van der Waals surface area (Å²) < 4.78 is 1.71. The lowest BCUT2D eigenvalue weighted by Gasteiger charge is -2.33. The van der Waals surface area contributed by atoms with Crippen LogP contribution in [0.5, 0.6) is 0 Å². The van der Waals surface area contributed by atoms with Crippen molar-refractivity contribution in [2.45, 2.75) is 36.0 Å². The summed E-state index contributed by atoms with van der Waals surface area (Å²) in [4.78, 5) is 26.5. The SMILES string of the molecule is CC(Sc1ccc(Cl)cc1)C(=O)N1CCC(n2cc(C(=O)O)cn2)CC1. The van der Waals surface area contributed by atoms with Gasteiger partial charge in [0.15, 0.2) is 0 Å². The lowest BCUT2D eigenvalue weighted by atomic mass is 10.0. The average molecular weight is 394 g/mol. The van der Waals surface area contributed by atoms with Gasteiger partial charge in [-0.3, -0.25) is 9.48 Å². The molecule has 138 valence electrons. The summed E-state index contributed by atoms with van der Waals surface area (Å²) >= 11 is 7.42. The van der Waals surface area contributed by atoms with Gasteiger partial charge in [-0.1, -0.05) is 11.6 Å². The molecule has 1 N–H and O–H groups in total. The van der Waals surface area contributed by atoms with Crippen molar-refractivity contribution in [3.8, 4) is 0 Å². The first-order valence-electron chi connectivity index (χ1n) is 8.42. The summed E-state index contributed by atoms with van der Waals surface area (Å²) in [5.74, 6) is -0.855. The molecule has 0 radical (unpaired) electrons. The molecule has 1 unspecified atom stereocenters. The number of carbonyl (C=O) groups is 2. The van der Waals surface area contributed by atoms with E-state index in [4.69, 9.17) is 16.7 Å². The fourth-order valence-electron chi connectivity index (χ4n) is 3.02. The number of benzene rings is 1. The molecule has 0 bridgehead atoms. The number of halogens is 1. The van der Waals surface area contributed by atoms with Gasteiger partial charge in [0.25, 0.3) is 0 Å². The van der Waals surface area contributed by atoms with Crippen molar-refractivity contribution in [3.63, 3.8) is 0 Å². The highest BCUT2D eigenvalue weighted by Gasteiger charge is 2.27. The first kappa shape index (κ1) is 18.8. The van der Waals surface area contributed by atoms with Crippen molar-refractivity contribution in [1.82, 2.24) is 14.7 Å². The fourth-order valence-corrected chi connectivity index (χ4v) is 4.10. The smallest absolute Gasteiger partial charge is 0.338 e. The third-order valence-corrected chi connectivity index (χ3v) is 5.82. The van der Waals surface area contributed by atoms with Gasteiger partial charge >= 0.3 is 5.97 Å². The minimum absolute atomic E-state index is 0.120. The van der Waals surface area contributed by atoms with Crippen LogP contribution in [0.15, 0.2) is 41.6 Å². The number of hydrogen-bond donors (Lipinski definition) is 1. The lowest BCUT2D eigenvalue weighted by molar-refractivity contribution is -0.131. The van der Waals surface area contributed by atoms with Crippen molar-refractivity contribution in [2.24, 2.45) is 0 Å². The van der Waals surface area contributed by atoms with Crippen LogP contribution in [0.3, 0.4) is 0 Å². The van der Waals surface area contributed by atoms with Crippen molar-refractivity contribution >= 4 is 35.2 Å². The topological polar surface area (TPSA) is 75.4 Å². The van der Waals surface area contributed by atoms with Gasteiger partial charge in [0, 0.05) is 29.2 Å². The van der Waals surface area contributed by atoms with Crippen molar-refractivity contribution in [3.05, 3.63) is 47.2 Å². The number of nitrogens with zero attached hydrogens (tertiary/aromatic N) is 3. The van der Waals surface area contributed by atoms with Crippen LogP contribution in [0.4, 0.5) is 0 Å². The Bertz CT molecular complexity index is 785. The first-order valence-corrected chi connectivity index (χ1v) is 9.68. The van der Waals surface area contributed by atoms with Crippen LogP contribution in [0.25, 0.3) is 0 Å². The molecule has 1 atom stereocenters. The van der Waals surface area contributed by atoms with Crippen LogP contribution in [0.1, 0.15) is 36.2 Å². The third kappa shape index (κ3) is 4.40. The number of rotatable bonds is 5. The average Bonchev–Trinajstić information content (AvgIpc) is 3.13. The van der Waals surface area contributed by atoms with Crippen LogP contribution in [0.2, 0.25) is 5.02 Å². The highest BCUT2D eigenvalue weighted by Crippen LogP contribution is 2.28. The molecule has 0 saturated carbocycles. The molecule has 0 spiro atoms. The number of hydrogen-bond acceptors (Lipinski definition) is 4. The summed E-state index contributed by atoms with van der Waals surface area (Å²) in [5.41, 5.74) is 0.191. The zero-order chi connectivity index (χ0) is 18.7. The Kier molecular flexibility index (Phi) is 5.88. The Morgan fingerprint density at radius 1 is 1.27 bits per heavy atom. The summed E-state index contributed by atoms with van der Waals surface area (Å²) in [6, 6.07) is 7.61. The van der Waals surface area contributed by atoms with Gasteiger partial charge < -0.3 is 10.0 Å². The largest absolute Gasteiger partial charge is 0.478 e. The van der Waals surface area contributed by atoms with Gasteiger partial charge in [-0.05, 0) is 44.0 Å². The molecule has 0 aliphatic carbocycles. The Morgan fingerprint density at radius 3 is 2.50 bits per heavy atom. The second-order valence-corrected chi connectivity index (χ2v) is 8.14. The molecular weight excluding hydrogens is 374 g/mol. The molecule has 6 nitrogen and oxygen atoms in total. The fraction of sp³-hybridized carbons (Fsp3) is 0.389. The summed E-state index contributed by atoms with van der Waals surface area (Å²) in [5, 5.41) is 13.6. The number of carbonyl (C=O) groups excluding carboxylic acids is 1. The summed E-state index contributed by atoms with van der Waals surface area (Å²) in [6.45, 7) is 3.22. The predicted molar refractivity (Wildman–Crippen MR) is 101 cm³/mol. The maximum atomic E-state index is 12.7. The monoisotopic (exact) mass is 393 g/mol. The predicted octanol–water partition coefficient (Wildman–Crippen LogP) is 3.58.